The molecule has 2 nitrogen and oxygen atoms in total. The highest BCUT2D eigenvalue weighted by Gasteiger charge is 1.93. The largest absolute Gasteiger partial charge is 0.478 e. The van der Waals surface area contributed by atoms with Gasteiger partial charge >= 0.3 is 5.97 Å². The molecule has 0 aromatic heterocycles. The molecule has 1 N–H and O–H groups in total. The summed E-state index contributed by atoms with van der Waals surface area (Å²) in [4.78, 5) is 10.2. The summed E-state index contributed by atoms with van der Waals surface area (Å²) < 4.78 is 0.956. The molecule has 0 fully saturated rings. The number of rotatable bonds is 2. The molecule has 0 saturated heterocycles. The Morgan fingerprint density at radius 2 is 2.15 bits per heavy atom. The summed E-state index contributed by atoms with van der Waals surface area (Å²) in [5, 5.41) is 8.41. The minimum Gasteiger partial charge on any atom is -0.478 e. The van der Waals surface area contributed by atoms with Gasteiger partial charge in [0.25, 0.3) is 0 Å². The predicted octanol–water partition coefficient (Wildman–Crippen LogP) is 2.86. The summed E-state index contributed by atoms with van der Waals surface area (Å²) in [6.07, 6.45) is 2.70. The molecule has 68 valence electrons. The number of hydrogen-bond donors (Lipinski definition) is 1. The number of halogens is 1. The predicted molar refractivity (Wildman–Crippen MR) is 55.5 cm³/mol. The third kappa shape index (κ3) is 3.42. The van der Waals surface area contributed by atoms with E-state index in [1.54, 1.807) is 6.08 Å². The van der Waals surface area contributed by atoms with Crippen molar-refractivity contribution in [2.45, 2.75) is 6.92 Å². The van der Waals surface area contributed by atoms with E-state index in [9.17, 15) is 4.79 Å². The lowest BCUT2D eigenvalue weighted by Gasteiger charge is -1.97. The lowest BCUT2D eigenvalue weighted by atomic mass is 10.1. The van der Waals surface area contributed by atoms with Crippen LogP contribution in [0.5, 0.6) is 0 Å². The van der Waals surface area contributed by atoms with Crippen molar-refractivity contribution in [3.63, 3.8) is 0 Å². The van der Waals surface area contributed by atoms with Gasteiger partial charge < -0.3 is 5.11 Å². The van der Waals surface area contributed by atoms with Crippen molar-refractivity contribution in [1.29, 1.82) is 0 Å². The van der Waals surface area contributed by atoms with Gasteiger partial charge in [-0.15, -0.1) is 0 Å². The zero-order valence-electron chi connectivity index (χ0n) is 7.12. The fourth-order valence-corrected chi connectivity index (χ4v) is 1.65. The average Bonchev–Trinajstić information content (AvgIpc) is 1.99. The van der Waals surface area contributed by atoms with Crippen molar-refractivity contribution < 1.29 is 9.90 Å². The van der Waals surface area contributed by atoms with Crippen molar-refractivity contribution >= 4 is 28.0 Å². The Hall–Kier alpha value is -1.09. The maximum Gasteiger partial charge on any atom is 0.328 e. The molecule has 1 aromatic rings. The second kappa shape index (κ2) is 4.23. The lowest BCUT2D eigenvalue weighted by Crippen LogP contribution is -1.86. The third-order valence-electron chi connectivity index (χ3n) is 1.48. The molecule has 13 heavy (non-hydrogen) atoms. The van der Waals surface area contributed by atoms with Gasteiger partial charge in [-0.3, -0.25) is 0 Å². The van der Waals surface area contributed by atoms with E-state index in [0.717, 1.165) is 21.7 Å². The van der Waals surface area contributed by atoms with Crippen LogP contribution in [-0.4, -0.2) is 11.1 Å². The normalized spacial score (nSPS) is 10.6. The summed E-state index contributed by atoms with van der Waals surface area (Å²) >= 11 is 3.34. The van der Waals surface area contributed by atoms with E-state index in [1.807, 2.05) is 25.1 Å². The smallest absolute Gasteiger partial charge is 0.328 e. The summed E-state index contributed by atoms with van der Waals surface area (Å²) in [5.74, 6) is -0.933. The van der Waals surface area contributed by atoms with Crippen molar-refractivity contribution in [3.8, 4) is 0 Å². The van der Waals surface area contributed by atoms with Crippen LogP contribution in [0.3, 0.4) is 0 Å². The second-order valence-electron chi connectivity index (χ2n) is 2.73. The minimum atomic E-state index is -0.933. The number of aliphatic carboxylic acids is 1. The van der Waals surface area contributed by atoms with Crippen molar-refractivity contribution in [2.24, 2.45) is 0 Å². The van der Waals surface area contributed by atoms with Crippen LogP contribution in [-0.2, 0) is 4.79 Å². The molecule has 0 atom stereocenters. The summed E-state index contributed by atoms with van der Waals surface area (Å²) in [6, 6.07) is 5.76. The molecule has 0 spiro atoms. The SMILES string of the molecule is Cc1cc(Br)cc(C=CC(=O)O)c1. The van der Waals surface area contributed by atoms with Gasteiger partial charge in [-0.2, -0.15) is 0 Å². The van der Waals surface area contributed by atoms with Crippen LogP contribution >= 0.6 is 15.9 Å². The first kappa shape index (κ1) is 9.99. The van der Waals surface area contributed by atoms with Gasteiger partial charge in [0.1, 0.15) is 0 Å². The third-order valence-corrected chi connectivity index (χ3v) is 1.94. The van der Waals surface area contributed by atoms with E-state index >= 15 is 0 Å². The Bertz CT molecular complexity index is 336. The van der Waals surface area contributed by atoms with Crippen molar-refractivity contribution in [1.82, 2.24) is 0 Å². The van der Waals surface area contributed by atoms with Gasteiger partial charge in [0.2, 0.25) is 0 Å². The molecule has 0 heterocycles. The zero-order valence-corrected chi connectivity index (χ0v) is 8.71. The van der Waals surface area contributed by atoms with E-state index in [2.05, 4.69) is 15.9 Å². The highest BCUT2D eigenvalue weighted by molar-refractivity contribution is 9.10. The molecular formula is C10H9BrO2. The number of benzene rings is 1. The summed E-state index contributed by atoms with van der Waals surface area (Å²) in [5.41, 5.74) is 1.98. The Kier molecular flexibility index (Phi) is 3.25. The Labute approximate surface area is 85.0 Å². The number of aryl methyl sites for hydroxylation is 1. The molecular weight excluding hydrogens is 232 g/mol. The van der Waals surface area contributed by atoms with Gasteiger partial charge in [0.15, 0.2) is 0 Å². The number of carboxylic acid groups (broad SMARTS) is 1. The average molecular weight is 241 g/mol. The first-order valence-corrected chi connectivity index (χ1v) is 4.55. The van der Waals surface area contributed by atoms with E-state index in [4.69, 9.17) is 5.11 Å². The summed E-state index contributed by atoms with van der Waals surface area (Å²) in [6.45, 7) is 1.96. The minimum absolute atomic E-state index is 0.884. The monoisotopic (exact) mass is 240 g/mol. The molecule has 0 bridgehead atoms. The Morgan fingerprint density at radius 3 is 2.69 bits per heavy atom. The maximum atomic E-state index is 10.2. The van der Waals surface area contributed by atoms with Gasteiger partial charge in [-0.05, 0) is 36.3 Å². The van der Waals surface area contributed by atoms with Crippen molar-refractivity contribution in [3.05, 3.63) is 39.9 Å². The molecule has 0 aliphatic rings. The standard InChI is InChI=1S/C10H9BrO2/c1-7-4-8(2-3-10(12)13)6-9(11)5-7/h2-6H,1H3,(H,12,13). The molecule has 1 rings (SSSR count). The van der Waals surface area contributed by atoms with Crippen LogP contribution in [0, 0.1) is 6.92 Å². The quantitative estimate of drug-likeness (QED) is 0.808. The highest BCUT2D eigenvalue weighted by Crippen LogP contribution is 2.16. The molecule has 0 unspecified atom stereocenters. The first-order chi connectivity index (χ1) is 6.08. The molecule has 1 aromatic carbocycles. The lowest BCUT2D eigenvalue weighted by molar-refractivity contribution is -0.131. The molecule has 0 aliphatic carbocycles. The molecule has 0 radical (unpaired) electrons. The zero-order chi connectivity index (χ0) is 9.84. The molecule has 0 saturated carbocycles. The Balaban J connectivity index is 2.95. The Morgan fingerprint density at radius 1 is 1.46 bits per heavy atom. The van der Waals surface area contributed by atoms with Crippen LogP contribution in [0.4, 0.5) is 0 Å². The molecule has 0 amide bonds. The van der Waals surface area contributed by atoms with Crippen LogP contribution in [0.15, 0.2) is 28.7 Å². The first-order valence-electron chi connectivity index (χ1n) is 3.76. The van der Waals surface area contributed by atoms with E-state index in [-0.39, 0.29) is 0 Å². The van der Waals surface area contributed by atoms with Crippen LogP contribution < -0.4 is 0 Å². The van der Waals surface area contributed by atoms with Crippen LogP contribution in [0.2, 0.25) is 0 Å². The number of carboxylic acids is 1. The van der Waals surface area contributed by atoms with Gasteiger partial charge in [-0.25, -0.2) is 4.79 Å². The highest BCUT2D eigenvalue weighted by atomic mass is 79.9. The van der Waals surface area contributed by atoms with E-state index < -0.39 is 5.97 Å². The fraction of sp³-hybridized carbons (Fsp3) is 0.100. The van der Waals surface area contributed by atoms with Crippen LogP contribution in [0.25, 0.3) is 6.08 Å². The number of hydrogen-bond acceptors (Lipinski definition) is 1. The molecule has 3 heteroatoms. The van der Waals surface area contributed by atoms with E-state index in [0.29, 0.717) is 0 Å². The van der Waals surface area contributed by atoms with Gasteiger partial charge in [0.05, 0.1) is 0 Å². The van der Waals surface area contributed by atoms with Gasteiger partial charge in [-0.1, -0.05) is 22.0 Å². The topological polar surface area (TPSA) is 37.3 Å². The van der Waals surface area contributed by atoms with Gasteiger partial charge in [0, 0.05) is 10.5 Å². The molecule has 0 aliphatic heterocycles. The second-order valence-corrected chi connectivity index (χ2v) is 3.65. The maximum absolute atomic E-state index is 10.2. The summed E-state index contributed by atoms with van der Waals surface area (Å²) in [7, 11) is 0. The number of carbonyl (C=O) groups is 1. The van der Waals surface area contributed by atoms with E-state index in [1.165, 1.54) is 0 Å². The fourth-order valence-electron chi connectivity index (χ4n) is 1.03. The van der Waals surface area contributed by atoms with Crippen LogP contribution in [0.1, 0.15) is 11.1 Å². The van der Waals surface area contributed by atoms with Crippen molar-refractivity contribution in [2.75, 3.05) is 0 Å².